The molecule has 4 aromatic rings. The van der Waals surface area contributed by atoms with Crippen molar-refractivity contribution in [3.8, 4) is 39.8 Å². The lowest BCUT2D eigenvalue weighted by molar-refractivity contribution is 0.391. The lowest BCUT2D eigenvalue weighted by Gasteiger charge is -2.18. The minimum atomic E-state index is -3.67. The second kappa shape index (κ2) is 9.70. The molecule has 176 valence electrons. The van der Waals surface area contributed by atoms with E-state index in [4.69, 9.17) is 21.1 Å². The van der Waals surface area contributed by atoms with E-state index in [1.807, 2.05) is 18.2 Å². The first-order chi connectivity index (χ1) is 16.4. The summed E-state index contributed by atoms with van der Waals surface area (Å²) in [4.78, 5) is 4.56. The van der Waals surface area contributed by atoms with Crippen molar-refractivity contribution in [3.05, 3.63) is 65.8 Å². The van der Waals surface area contributed by atoms with E-state index < -0.39 is 10.0 Å². The zero-order chi connectivity index (χ0) is 24.3. The molecule has 0 saturated heterocycles. The fourth-order valence-electron chi connectivity index (χ4n) is 3.42. The van der Waals surface area contributed by atoms with Crippen molar-refractivity contribution in [1.82, 2.24) is 19.7 Å². The van der Waals surface area contributed by atoms with E-state index in [9.17, 15) is 8.42 Å². The summed E-state index contributed by atoms with van der Waals surface area (Å²) in [5, 5.41) is 9.08. The zero-order valence-electron chi connectivity index (χ0n) is 18.7. The number of hydrogen-bond donors (Lipinski definition) is 1. The van der Waals surface area contributed by atoms with Gasteiger partial charge in [0.25, 0.3) is 0 Å². The third kappa shape index (κ3) is 4.55. The molecular weight excluding hydrogens is 478 g/mol. The Bertz CT molecular complexity index is 1400. The molecule has 0 fully saturated rings. The van der Waals surface area contributed by atoms with Gasteiger partial charge in [-0.3, -0.25) is 14.3 Å². The average Bonchev–Trinajstić information content (AvgIpc) is 3.25. The summed E-state index contributed by atoms with van der Waals surface area (Å²) in [6.07, 6.45) is 1.63. The minimum absolute atomic E-state index is 0.0210. The summed E-state index contributed by atoms with van der Waals surface area (Å²) < 4.78 is 40.1. The molecule has 2 heterocycles. The van der Waals surface area contributed by atoms with Crippen LogP contribution in [-0.2, 0) is 10.0 Å². The van der Waals surface area contributed by atoms with Crippen LogP contribution in [-0.4, -0.2) is 48.1 Å². The van der Waals surface area contributed by atoms with Crippen molar-refractivity contribution in [1.29, 1.82) is 0 Å². The fraction of sp³-hybridized carbons (Fsp3) is 0.174. The molecule has 0 amide bonds. The molecule has 2 aromatic carbocycles. The summed E-state index contributed by atoms with van der Waals surface area (Å²) in [6.45, 7) is 1.53. The summed E-state index contributed by atoms with van der Waals surface area (Å²) in [5.74, 6) is 0.995. The van der Waals surface area contributed by atoms with E-state index in [-0.39, 0.29) is 11.7 Å². The van der Waals surface area contributed by atoms with Crippen LogP contribution >= 0.6 is 11.6 Å². The van der Waals surface area contributed by atoms with Gasteiger partial charge >= 0.3 is 0 Å². The molecule has 0 bridgehead atoms. The maximum atomic E-state index is 12.4. The number of aromatic nitrogens is 4. The van der Waals surface area contributed by atoms with Crippen LogP contribution in [0.3, 0.4) is 0 Å². The molecule has 0 aliphatic rings. The molecule has 0 saturated carbocycles. The number of methoxy groups -OCH3 is 2. The first-order valence-electron chi connectivity index (χ1n) is 10.3. The minimum Gasteiger partial charge on any atom is -0.494 e. The number of anilines is 1. The molecule has 11 heteroatoms. The Hall–Kier alpha value is -3.63. The highest BCUT2D eigenvalue weighted by Gasteiger charge is 2.26. The Labute approximate surface area is 202 Å². The number of para-hydroxylation sites is 1. The lowest BCUT2D eigenvalue weighted by atomic mass is 10.0. The Balaban J connectivity index is 2.03. The van der Waals surface area contributed by atoms with Crippen LogP contribution in [0.25, 0.3) is 28.3 Å². The van der Waals surface area contributed by atoms with Crippen LogP contribution < -0.4 is 14.2 Å². The number of sulfonamides is 1. The Morgan fingerprint density at radius 1 is 0.971 bits per heavy atom. The van der Waals surface area contributed by atoms with Crippen molar-refractivity contribution in [2.75, 3.05) is 24.7 Å². The highest BCUT2D eigenvalue weighted by molar-refractivity contribution is 7.92. The van der Waals surface area contributed by atoms with Crippen LogP contribution in [0.15, 0.2) is 60.8 Å². The van der Waals surface area contributed by atoms with Gasteiger partial charge in [0.1, 0.15) is 22.9 Å². The van der Waals surface area contributed by atoms with Crippen molar-refractivity contribution in [3.63, 3.8) is 0 Å². The topological polar surface area (TPSA) is 108 Å². The predicted molar refractivity (Wildman–Crippen MR) is 131 cm³/mol. The highest BCUT2D eigenvalue weighted by atomic mass is 35.5. The van der Waals surface area contributed by atoms with Gasteiger partial charge in [-0.05, 0) is 42.8 Å². The van der Waals surface area contributed by atoms with E-state index in [0.29, 0.717) is 33.7 Å². The van der Waals surface area contributed by atoms with Gasteiger partial charge in [-0.25, -0.2) is 8.42 Å². The summed E-state index contributed by atoms with van der Waals surface area (Å²) in [6, 6.07) is 16.2. The molecule has 1 N–H and O–H groups in total. The summed E-state index contributed by atoms with van der Waals surface area (Å²) in [5.41, 5.74) is 2.51. The van der Waals surface area contributed by atoms with E-state index in [2.05, 4.69) is 19.9 Å². The molecule has 0 radical (unpaired) electrons. The van der Waals surface area contributed by atoms with Crippen molar-refractivity contribution in [2.45, 2.75) is 6.92 Å². The smallest absolute Gasteiger partial charge is 0.243 e. The van der Waals surface area contributed by atoms with Gasteiger partial charge < -0.3 is 9.47 Å². The van der Waals surface area contributed by atoms with Crippen LogP contribution in [0, 0.1) is 0 Å². The van der Waals surface area contributed by atoms with Crippen LogP contribution in [0.1, 0.15) is 6.92 Å². The maximum absolute atomic E-state index is 12.4. The van der Waals surface area contributed by atoms with Gasteiger partial charge in [0.05, 0.1) is 20.0 Å². The van der Waals surface area contributed by atoms with Crippen molar-refractivity contribution < 1.29 is 17.9 Å². The number of nitrogens with one attached hydrogen (secondary N) is 1. The molecule has 9 nitrogen and oxygen atoms in total. The second-order valence-electron chi connectivity index (χ2n) is 7.11. The number of rotatable bonds is 8. The van der Waals surface area contributed by atoms with Gasteiger partial charge in [0, 0.05) is 16.8 Å². The number of halogens is 1. The standard InChI is InChI=1S/C23H22ClN5O4S/c1-4-34(30,31)28-23-27-26-22(29(23)21-18(32-2)8-5-9-19(21)33-3)20-17(7-6-14-25-20)15-10-12-16(24)13-11-15/h5-14H,4H2,1-3H3,(H,27,28). The van der Waals surface area contributed by atoms with Crippen molar-refractivity contribution >= 4 is 27.6 Å². The van der Waals surface area contributed by atoms with Crippen LogP contribution in [0.5, 0.6) is 11.5 Å². The Morgan fingerprint density at radius 2 is 1.65 bits per heavy atom. The first-order valence-corrected chi connectivity index (χ1v) is 12.3. The number of nitrogens with zero attached hydrogens (tertiary/aromatic N) is 4. The molecular formula is C23H22ClN5O4S. The number of pyridine rings is 1. The quantitative estimate of drug-likeness (QED) is 0.382. The molecule has 0 unspecified atom stereocenters. The Morgan fingerprint density at radius 3 is 2.26 bits per heavy atom. The maximum Gasteiger partial charge on any atom is 0.243 e. The first kappa shape index (κ1) is 23.5. The van der Waals surface area contributed by atoms with Gasteiger partial charge in [0.15, 0.2) is 5.82 Å². The monoisotopic (exact) mass is 499 g/mol. The van der Waals surface area contributed by atoms with Gasteiger partial charge in [0.2, 0.25) is 16.0 Å². The predicted octanol–water partition coefficient (Wildman–Crippen LogP) is 4.43. The second-order valence-corrected chi connectivity index (χ2v) is 9.55. The van der Waals surface area contributed by atoms with Gasteiger partial charge in [-0.15, -0.1) is 10.2 Å². The summed E-state index contributed by atoms with van der Waals surface area (Å²) >= 11 is 6.07. The van der Waals surface area contributed by atoms with Crippen LogP contribution in [0.4, 0.5) is 5.95 Å². The molecule has 4 rings (SSSR count). The molecule has 0 aliphatic carbocycles. The third-order valence-electron chi connectivity index (χ3n) is 5.09. The molecule has 0 aliphatic heterocycles. The molecule has 34 heavy (non-hydrogen) atoms. The Kier molecular flexibility index (Phi) is 6.71. The largest absolute Gasteiger partial charge is 0.494 e. The molecule has 2 aromatic heterocycles. The summed E-state index contributed by atoms with van der Waals surface area (Å²) in [7, 11) is -0.644. The van der Waals surface area contributed by atoms with E-state index in [1.165, 1.54) is 25.7 Å². The third-order valence-corrected chi connectivity index (χ3v) is 6.60. The van der Waals surface area contributed by atoms with Crippen LogP contribution in [0.2, 0.25) is 5.02 Å². The molecule has 0 atom stereocenters. The van der Waals surface area contributed by atoms with E-state index in [1.54, 1.807) is 42.6 Å². The van der Waals surface area contributed by atoms with Gasteiger partial charge in [-0.1, -0.05) is 35.9 Å². The van der Waals surface area contributed by atoms with E-state index in [0.717, 1.165) is 11.1 Å². The zero-order valence-corrected chi connectivity index (χ0v) is 20.3. The average molecular weight is 500 g/mol. The fourth-order valence-corrected chi connectivity index (χ4v) is 4.11. The normalized spacial score (nSPS) is 11.3. The van der Waals surface area contributed by atoms with Crippen molar-refractivity contribution in [2.24, 2.45) is 0 Å². The van der Waals surface area contributed by atoms with Gasteiger partial charge in [-0.2, -0.15) is 0 Å². The number of ether oxygens (including phenoxy) is 2. The SMILES string of the molecule is CCS(=O)(=O)Nc1nnc(-c2ncccc2-c2ccc(Cl)cc2)n1-c1c(OC)cccc1OC. The molecule has 0 spiro atoms. The lowest BCUT2D eigenvalue weighted by Crippen LogP contribution is -2.18. The number of hydrogen-bond acceptors (Lipinski definition) is 7. The number of benzene rings is 2. The van der Waals surface area contributed by atoms with E-state index >= 15 is 0 Å². The highest BCUT2D eigenvalue weighted by Crippen LogP contribution is 2.39.